The lowest BCUT2D eigenvalue weighted by atomic mass is 9.86. The van der Waals surface area contributed by atoms with Crippen molar-refractivity contribution in [1.82, 2.24) is 9.88 Å². The maximum Gasteiger partial charge on any atom is 0.414 e. The van der Waals surface area contributed by atoms with E-state index in [2.05, 4.69) is 5.32 Å². The third-order valence-corrected chi connectivity index (χ3v) is 7.62. The molecule has 4 heterocycles. The van der Waals surface area contributed by atoms with Gasteiger partial charge in [0.15, 0.2) is 11.5 Å². The summed E-state index contributed by atoms with van der Waals surface area (Å²) < 4.78 is 24.6. The van der Waals surface area contributed by atoms with E-state index < -0.39 is 6.09 Å². The van der Waals surface area contributed by atoms with Gasteiger partial charge in [0, 0.05) is 30.7 Å². The minimum absolute atomic E-state index is 0.0581. The minimum Gasteiger partial charge on any atom is -0.497 e. The highest BCUT2D eigenvalue weighted by Crippen LogP contribution is 2.38. The number of nitrogens with zero attached hydrogens (tertiary/aromatic N) is 2. The average Bonchev–Trinajstić information content (AvgIpc) is 3.31. The van der Waals surface area contributed by atoms with Gasteiger partial charge in [0.05, 0.1) is 24.9 Å². The fraction of sp³-hybridized carbons (Fsp3) is 0.429. The molecule has 0 bridgehead atoms. The van der Waals surface area contributed by atoms with Crippen LogP contribution < -0.4 is 30.0 Å². The van der Waals surface area contributed by atoms with Gasteiger partial charge in [-0.05, 0) is 67.6 Å². The molecule has 3 aliphatic heterocycles. The number of pyridine rings is 1. The maximum absolute atomic E-state index is 13.3. The molecule has 6 rings (SSSR count). The van der Waals surface area contributed by atoms with Crippen LogP contribution in [0, 0.1) is 5.92 Å². The van der Waals surface area contributed by atoms with E-state index in [1.807, 2.05) is 47.0 Å². The Morgan fingerprint density at radius 2 is 1.78 bits per heavy atom. The molecule has 194 valence electrons. The molecule has 0 radical (unpaired) electrons. The number of hydrogen-bond acceptors (Lipinski definition) is 7. The van der Waals surface area contributed by atoms with Crippen molar-refractivity contribution in [3.63, 3.8) is 0 Å². The van der Waals surface area contributed by atoms with Crippen LogP contribution in [-0.2, 0) is 4.74 Å². The van der Waals surface area contributed by atoms with Gasteiger partial charge in [0.25, 0.3) is 5.56 Å². The Morgan fingerprint density at radius 1 is 1.00 bits per heavy atom. The van der Waals surface area contributed by atoms with E-state index in [0.29, 0.717) is 49.1 Å². The number of hydrogen-bond donors (Lipinski definition) is 1. The Morgan fingerprint density at radius 3 is 2.59 bits per heavy atom. The molecule has 1 amide bonds. The molecule has 0 saturated carbocycles. The summed E-state index contributed by atoms with van der Waals surface area (Å²) in [6.07, 6.45) is 1.70. The summed E-state index contributed by atoms with van der Waals surface area (Å²) in [4.78, 5) is 27.9. The zero-order valence-electron chi connectivity index (χ0n) is 20.9. The first-order valence-corrected chi connectivity index (χ1v) is 12.9. The molecular formula is C28H31N3O6. The highest BCUT2D eigenvalue weighted by Gasteiger charge is 2.37. The SMILES string of the molecule is COc1ccc2ccc(=O)n(C(CC3CN(c4ccc5c(c4)OCCO5)C(=O)O3)C3CCNCC3)c2c1. The van der Waals surface area contributed by atoms with Crippen LogP contribution in [0.15, 0.2) is 53.3 Å². The monoisotopic (exact) mass is 505 g/mol. The summed E-state index contributed by atoms with van der Waals surface area (Å²) >= 11 is 0. The topological polar surface area (TPSA) is 91.3 Å². The molecule has 2 aromatic carbocycles. The van der Waals surface area contributed by atoms with E-state index in [-0.39, 0.29) is 23.6 Å². The number of anilines is 1. The second kappa shape index (κ2) is 9.97. The lowest BCUT2D eigenvalue weighted by Crippen LogP contribution is -2.38. The number of carbonyl (C=O) groups is 1. The van der Waals surface area contributed by atoms with E-state index in [1.54, 1.807) is 18.1 Å². The second-order valence-corrected chi connectivity index (χ2v) is 9.80. The van der Waals surface area contributed by atoms with Gasteiger partial charge in [0.1, 0.15) is 25.1 Å². The van der Waals surface area contributed by atoms with Crippen molar-refractivity contribution in [2.24, 2.45) is 5.92 Å². The zero-order chi connectivity index (χ0) is 25.4. The fourth-order valence-corrected chi connectivity index (χ4v) is 5.76. The fourth-order valence-electron chi connectivity index (χ4n) is 5.76. The molecule has 0 spiro atoms. The van der Waals surface area contributed by atoms with Crippen LogP contribution in [0.3, 0.4) is 0 Å². The number of amides is 1. The highest BCUT2D eigenvalue weighted by atomic mass is 16.6. The normalized spacial score (nSPS) is 20.6. The Bertz CT molecular complexity index is 1370. The van der Waals surface area contributed by atoms with E-state index in [1.165, 1.54) is 0 Å². The Balaban J connectivity index is 1.32. The molecule has 2 saturated heterocycles. The first-order valence-electron chi connectivity index (χ1n) is 12.9. The molecule has 2 atom stereocenters. The van der Waals surface area contributed by atoms with E-state index >= 15 is 0 Å². The van der Waals surface area contributed by atoms with Crippen LogP contribution in [-0.4, -0.2) is 56.7 Å². The third-order valence-electron chi connectivity index (χ3n) is 7.62. The number of rotatable bonds is 6. The summed E-state index contributed by atoms with van der Waals surface area (Å²) in [6.45, 7) is 3.20. The standard InChI is InChI=1S/C28H31N3O6/c1-34-21-5-2-18-3-7-27(32)31(23(18)15-21)24(19-8-10-29-11-9-19)16-22-17-30(28(33)37-22)20-4-6-25-26(14-20)36-13-12-35-25/h2-7,14-15,19,22,24,29H,8-13,16-17H2,1H3. The van der Waals surface area contributed by atoms with Crippen LogP contribution in [0.4, 0.5) is 10.5 Å². The van der Waals surface area contributed by atoms with Crippen molar-refractivity contribution >= 4 is 22.7 Å². The van der Waals surface area contributed by atoms with Crippen molar-refractivity contribution in [3.05, 3.63) is 58.9 Å². The number of methoxy groups -OCH3 is 1. The molecule has 3 aromatic rings. The Kier molecular flexibility index (Phi) is 6.38. The molecule has 9 nitrogen and oxygen atoms in total. The maximum atomic E-state index is 13.3. The second-order valence-electron chi connectivity index (χ2n) is 9.80. The summed E-state index contributed by atoms with van der Waals surface area (Å²) in [5.74, 6) is 2.28. The van der Waals surface area contributed by atoms with E-state index in [9.17, 15) is 9.59 Å². The van der Waals surface area contributed by atoms with Gasteiger partial charge in [-0.2, -0.15) is 0 Å². The number of nitrogens with one attached hydrogen (secondary N) is 1. The quantitative estimate of drug-likeness (QED) is 0.546. The molecule has 0 aliphatic carbocycles. The highest BCUT2D eigenvalue weighted by molar-refractivity contribution is 5.90. The Hall–Kier alpha value is -3.72. The van der Waals surface area contributed by atoms with Crippen LogP contribution in [0.1, 0.15) is 25.3 Å². The van der Waals surface area contributed by atoms with Gasteiger partial charge in [-0.15, -0.1) is 0 Å². The van der Waals surface area contributed by atoms with Crippen molar-refractivity contribution in [3.8, 4) is 17.2 Å². The molecule has 2 fully saturated rings. The lowest BCUT2D eigenvalue weighted by Gasteiger charge is -2.34. The molecule has 1 aromatic heterocycles. The summed E-state index contributed by atoms with van der Waals surface area (Å²) in [5, 5.41) is 4.40. The minimum atomic E-state index is -0.391. The first kappa shape index (κ1) is 23.7. The van der Waals surface area contributed by atoms with Gasteiger partial charge in [0.2, 0.25) is 0 Å². The predicted octanol–water partition coefficient (Wildman–Crippen LogP) is 3.74. The van der Waals surface area contributed by atoms with E-state index in [0.717, 1.165) is 36.8 Å². The van der Waals surface area contributed by atoms with Crippen molar-refractivity contribution < 1.29 is 23.7 Å². The van der Waals surface area contributed by atoms with Gasteiger partial charge in [-0.25, -0.2) is 4.79 Å². The van der Waals surface area contributed by atoms with Crippen LogP contribution >= 0.6 is 0 Å². The smallest absolute Gasteiger partial charge is 0.414 e. The van der Waals surface area contributed by atoms with Gasteiger partial charge >= 0.3 is 6.09 Å². The largest absolute Gasteiger partial charge is 0.497 e. The van der Waals surface area contributed by atoms with Crippen LogP contribution in [0.5, 0.6) is 17.2 Å². The van der Waals surface area contributed by atoms with Gasteiger partial charge < -0.3 is 28.8 Å². The van der Waals surface area contributed by atoms with Crippen LogP contribution in [0.2, 0.25) is 0 Å². The average molecular weight is 506 g/mol. The summed E-state index contributed by atoms with van der Waals surface area (Å²) in [5.41, 5.74) is 1.49. The van der Waals surface area contributed by atoms with Crippen molar-refractivity contribution in [2.45, 2.75) is 31.4 Å². The van der Waals surface area contributed by atoms with Crippen molar-refractivity contribution in [2.75, 3.05) is 44.9 Å². The molecule has 37 heavy (non-hydrogen) atoms. The van der Waals surface area contributed by atoms with Gasteiger partial charge in [-0.3, -0.25) is 9.69 Å². The first-order chi connectivity index (χ1) is 18.1. The van der Waals surface area contributed by atoms with E-state index in [4.69, 9.17) is 18.9 Å². The molecule has 9 heteroatoms. The molecule has 2 unspecified atom stereocenters. The summed E-state index contributed by atoms with van der Waals surface area (Å²) in [6, 6.07) is 14.7. The lowest BCUT2D eigenvalue weighted by molar-refractivity contribution is 0.112. The number of carbonyl (C=O) groups excluding carboxylic acids is 1. The van der Waals surface area contributed by atoms with Gasteiger partial charge in [-0.1, -0.05) is 0 Å². The summed E-state index contributed by atoms with van der Waals surface area (Å²) in [7, 11) is 1.63. The predicted molar refractivity (Wildman–Crippen MR) is 139 cm³/mol. The number of cyclic esters (lactones) is 1. The van der Waals surface area contributed by atoms with Crippen molar-refractivity contribution in [1.29, 1.82) is 0 Å². The Labute approximate surface area is 214 Å². The van der Waals surface area contributed by atoms with Crippen LogP contribution in [0.25, 0.3) is 10.9 Å². The number of fused-ring (bicyclic) bond motifs is 2. The molecular weight excluding hydrogens is 474 g/mol. The number of aromatic nitrogens is 1. The zero-order valence-corrected chi connectivity index (χ0v) is 20.9. The molecule has 1 N–H and O–H groups in total. The number of ether oxygens (including phenoxy) is 4. The number of piperidine rings is 1. The molecule has 3 aliphatic rings. The third kappa shape index (κ3) is 4.59. The number of benzene rings is 2.